The van der Waals surface area contributed by atoms with Crippen LogP contribution in [0.5, 0.6) is 0 Å². The maximum atomic E-state index is 10.6. The van der Waals surface area contributed by atoms with Crippen molar-refractivity contribution in [2.45, 2.75) is 27.7 Å². The molecule has 0 saturated carbocycles. The molecule has 0 fully saturated rings. The minimum atomic E-state index is -0.537. The SMILES string of the molecule is C.C=CCc1ccccc1.C=Cc1ccccc1.CCOC(=O)/C=C/C(=O)OCC.c1ccccc1. The van der Waals surface area contributed by atoms with Crippen LogP contribution in [0.25, 0.3) is 6.08 Å². The summed E-state index contributed by atoms with van der Waals surface area (Å²) >= 11 is 0. The lowest BCUT2D eigenvalue weighted by Crippen LogP contribution is -2.03. The van der Waals surface area contributed by atoms with Crippen LogP contribution in [-0.2, 0) is 25.5 Å². The molecule has 0 aliphatic carbocycles. The molecule has 0 aromatic heterocycles. The first-order valence-electron chi connectivity index (χ1n) is 11.4. The zero-order valence-corrected chi connectivity index (χ0v) is 20.7. The summed E-state index contributed by atoms with van der Waals surface area (Å²) in [5.41, 5.74) is 2.50. The number of ether oxygens (including phenoxy) is 2. The van der Waals surface area contributed by atoms with Gasteiger partial charge >= 0.3 is 11.9 Å². The second kappa shape index (κ2) is 25.4. The normalized spacial score (nSPS) is 8.72. The number of allylic oxidation sites excluding steroid dienone is 1. The van der Waals surface area contributed by atoms with Crippen molar-refractivity contribution >= 4 is 18.0 Å². The summed E-state index contributed by atoms with van der Waals surface area (Å²) in [7, 11) is 0. The van der Waals surface area contributed by atoms with Gasteiger partial charge in [-0.15, -0.1) is 6.58 Å². The highest BCUT2D eigenvalue weighted by atomic mass is 16.5. The molecule has 0 atom stereocenters. The van der Waals surface area contributed by atoms with E-state index in [0.717, 1.165) is 18.6 Å². The second-order valence-corrected chi connectivity index (χ2v) is 6.59. The lowest BCUT2D eigenvalue weighted by atomic mass is 10.2. The summed E-state index contributed by atoms with van der Waals surface area (Å²) in [6.45, 7) is 11.3. The van der Waals surface area contributed by atoms with E-state index in [4.69, 9.17) is 0 Å². The molecular formula is C32H40O4. The largest absolute Gasteiger partial charge is 0.463 e. The number of carbonyl (C=O) groups excluding carboxylic acids is 2. The van der Waals surface area contributed by atoms with E-state index in [1.807, 2.05) is 97.1 Å². The van der Waals surface area contributed by atoms with Gasteiger partial charge in [-0.25, -0.2) is 9.59 Å². The van der Waals surface area contributed by atoms with Gasteiger partial charge in [-0.1, -0.05) is 123 Å². The van der Waals surface area contributed by atoms with Crippen LogP contribution < -0.4 is 0 Å². The van der Waals surface area contributed by atoms with Gasteiger partial charge in [0.05, 0.1) is 13.2 Å². The lowest BCUT2D eigenvalue weighted by Gasteiger charge is -1.95. The van der Waals surface area contributed by atoms with Gasteiger partial charge in [0, 0.05) is 12.2 Å². The third-order valence-corrected chi connectivity index (χ3v) is 3.85. The molecule has 3 aromatic carbocycles. The Bertz CT molecular complexity index is 903. The van der Waals surface area contributed by atoms with Crippen molar-refractivity contribution in [1.29, 1.82) is 0 Å². The first kappa shape index (κ1) is 34.0. The number of esters is 2. The van der Waals surface area contributed by atoms with Crippen LogP contribution >= 0.6 is 0 Å². The van der Waals surface area contributed by atoms with Crippen LogP contribution in [-0.4, -0.2) is 25.2 Å². The molecule has 0 aliphatic heterocycles. The van der Waals surface area contributed by atoms with Gasteiger partial charge in [0.25, 0.3) is 0 Å². The third-order valence-electron chi connectivity index (χ3n) is 3.85. The van der Waals surface area contributed by atoms with Crippen LogP contribution in [0.4, 0.5) is 0 Å². The Balaban J connectivity index is 0. The molecule has 4 nitrogen and oxygen atoms in total. The van der Waals surface area contributed by atoms with E-state index in [0.29, 0.717) is 13.2 Å². The van der Waals surface area contributed by atoms with Crippen molar-refractivity contribution in [3.05, 3.63) is 140 Å². The Morgan fingerprint density at radius 2 is 1.03 bits per heavy atom. The molecule has 0 amide bonds. The molecule has 3 aromatic rings. The predicted molar refractivity (Wildman–Crippen MR) is 152 cm³/mol. The van der Waals surface area contributed by atoms with Crippen molar-refractivity contribution in [2.75, 3.05) is 13.2 Å². The molecule has 0 spiro atoms. The zero-order valence-electron chi connectivity index (χ0n) is 20.7. The van der Waals surface area contributed by atoms with Crippen molar-refractivity contribution in [3.8, 4) is 0 Å². The molecule has 0 unspecified atom stereocenters. The van der Waals surface area contributed by atoms with Gasteiger partial charge in [-0.2, -0.15) is 0 Å². The van der Waals surface area contributed by atoms with Gasteiger partial charge in [0.15, 0.2) is 0 Å². The van der Waals surface area contributed by atoms with E-state index in [9.17, 15) is 9.59 Å². The fourth-order valence-corrected chi connectivity index (χ4v) is 2.27. The first-order valence-corrected chi connectivity index (χ1v) is 11.4. The molecule has 0 radical (unpaired) electrons. The van der Waals surface area contributed by atoms with E-state index in [1.165, 1.54) is 11.1 Å². The van der Waals surface area contributed by atoms with E-state index in [2.05, 4.69) is 34.8 Å². The molecule has 0 N–H and O–H groups in total. The molecule has 0 saturated heterocycles. The van der Waals surface area contributed by atoms with Crippen molar-refractivity contribution in [3.63, 3.8) is 0 Å². The van der Waals surface area contributed by atoms with E-state index in [1.54, 1.807) is 13.8 Å². The number of carbonyl (C=O) groups is 2. The van der Waals surface area contributed by atoms with Gasteiger partial charge in [0.1, 0.15) is 0 Å². The van der Waals surface area contributed by atoms with E-state index in [-0.39, 0.29) is 7.43 Å². The molecule has 0 bridgehead atoms. The summed E-state index contributed by atoms with van der Waals surface area (Å²) < 4.78 is 9.07. The smallest absolute Gasteiger partial charge is 0.330 e. The van der Waals surface area contributed by atoms with Crippen LogP contribution in [0.1, 0.15) is 32.4 Å². The average Bonchev–Trinajstić information content (AvgIpc) is 2.91. The minimum Gasteiger partial charge on any atom is -0.463 e. The number of benzene rings is 3. The fraction of sp³-hybridized carbons (Fsp3) is 0.188. The maximum Gasteiger partial charge on any atom is 0.330 e. The Morgan fingerprint density at radius 1 is 0.667 bits per heavy atom. The topological polar surface area (TPSA) is 52.6 Å². The van der Waals surface area contributed by atoms with Gasteiger partial charge in [-0.3, -0.25) is 0 Å². The van der Waals surface area contributed by atoms with Crippen molar-refractivity contribution < 1.29 is 19.1 Å². The Kier molecular flexibility index (Phi) is 24.0. The van der Waals surface area contributed by atoms with Crippen LogP contribution in [0.15, 0.2) is 128 Å². The van der Waals surface area contributed by atoms with Gasteiger partial charge < -0.3 is 9.47 Å². The third kappa shape index (κ3) is 21.7. The fourth-order valence-electron chi connectivity index (χ4n) is 2.27. The molecule has 0 heterocycles. The number of hydrogen-bond acceptors (Lipinski definition) is 4. The Morgan fingerprint density at radius 3 is 1.33 bits per heavy atom. The van der Waals surface area contributed by atoms with Crippen LogP contribution in [0.2, 0.25) is 0 Å². The van der Waals surface area contributed by atoms with Crippen molar-refractivity contribution in [2.24, 2.45) is 0 Å². The minimum absolute atomic E-state index is 0. The van der Waals surface area contributed by atoms with Crippen LogP contribution in [0.3, 0.4) is 0 Å². The standard InChI is InChI=1S/C9H10.C8H12O4.C8H8.C6H6.CH4/c1-2-6-9-7-4-3-5-8-9;1-3-11-7(9)5-6-8(10)12-4-2;1-2-8-6-4-3-5-7-8;1-2-4-6-5-3-1;/h2-5,7-8H,1,6H2;5-6H,3-4H2,1-2H3;2-7H,1H2;1-6H;1H4/b;6-5+;;;. The molecule has 36 heavy (non-hydrogen) atoms. The summed E-state index contributed by atoms with van der Waals surface area (Å²) in [5.74, 6) is -1.07. The molecule has 192 valence electrons. The molecule has 4 heteroatoms. The quantitative estimate of drug-likeness (QED) is 0.194. The molecule has 3 rings (SSSR count). The van der Waals surface area contributed by atoms with Gasteiger partial charge in [0.2, 0.25) is 0 Å². The molecular weight excluding hydrogens is 448 g/mol. The van der Waals surface area contributed by atoms with Gasteiger partial charge in [-0.05, 0) is 31.4 Å². The van der Waals surface area contributed by atoms with Crippen molar-refractivity contribution in [1.82, 2.24) is 0 Å². The molecule has 0 aliphatic rings. The number of rotatable bonds is 7. The summed E-state index contributed by atoms with van der Waals surface area (Å²) in [5, 5.41) is 0. The predicted octanol–water partition coefficient (Wildman–Crippen LogP) is 7.74. The highest BCUT2D eigenvalue weighted by molar-refractivity contribution is 5.91. The number of hydrogen-bond donors (Lipinski definition) is 0. The summed E-state index contributed by atoms with van der Waals surface area (Å²) in [6, 6.07) is 32.3. The summed E-state index contributed by atoms with van der Waals surface area (Å²) in [6.07, 6.45) is 6.80. The highest BCUT2D eigenvalue weighted by Gasteiger charge is 1.97. The average molecular weight is 489 g/mol. The van der Waals surface area contributed by atoms with E-state index < -0.39 is 11.9 Å². The summed E-state index contributed by atoms with van der Waals surface area (Å²) in [4.78, 5) is 21.3. The Labute approximate surface area is 217 Å². The second-order valence-electron chi connectivity index (χ2n) is 6.59. The first-order chi connectivity index (χ1) is 17.1. The van der Waals surface area contributed by atoms with Crippen LogP contribution in [0, 0.1) is 0 Å². The Hall–Kier alpha value is -4.18. The maximum absolute atomic E-state index is 10.6. The highest BCUT2D eigenvalue weighted by Crippen LogP contribution is 1.98. The monoisotopic (exact) mass is 488 g/mol. The zero-order chi connectivity index (χ0) is 26.0. The lowest BCUT2D eigenvalue weighted by molar-refractivity contribution is -0.140. The van der Waals surface area contributed by atoms with E-state index >= 15 is 0 Å².